The molecule has 0 spiro atoms. The summed E-state index contributed by atoms with van der Waals surface area (Å²) >= 11 is 0. The maximum absolute atomic E-state index is 12.7. The second kappa shape index (κ2) is 8.17. The predicted octanol–water partition coefficient (Wildman–Crippen LogP) is 4.52. The van der Waals surface area contributed by atoms with Crippen LogP contribution in [0.4, 0.5) is 0 Å². The maximum atomic E-state index is 12.7. The molecule has 0 saturated heterocycles. The van der Waals surface area contributed by atoms with Gasteiger partial charge in [0.2, 0.25) is 0 Å². The van der Waals surface area contributed by atoms with Crippen LogP contribution in [0, 0.1) is 11.8 Å². The van der Waals surface area contributed by atoms with Crippen LogP contribution < -0.4 is 0 Å². The Morgan fingerprint density at radius 2 is 1.67 bits per heavy atom. The summed E-state index contributed by atoms with van der Waals surface area (Å²) in [5.74, 6) is 5.67. The molecule has 0 fully saturated rings. The van der Waals surface area contributed by atoms with Crippen molar-refractivity contribution in [1.82, 2.24) is 4.90 Å². The van der Waals surface area contributed by atoms with Gasteiger partial charge in [0.25, 0.3) is 0 Å². The number of carbonyl (C=O) groups excluding carboxylic acids is 1. The monoisotopic (exact) mass is 315 g/mol. The number of hydrogen-bond donors (Lipinski definition) is 0. The fourth-order valence-electron chi connectivity index (χ4n) is 2.85. The number of hydrogen-bond acceptors (Lipinski definition) is 1. The van der Waals surface area contributed by atoms with Crippen LogP contribution in [-0.4, -0.2) is 10.8 Å². The van der Waals surface area contributed by atoms with Crippen LogP contribution in [0.15, 0.2) is 72.4 Å². The lowest BCUT2D eigenvalue weighted by Gasteiger charge is -2.26. The molecule has 1 amide bonds. The lowest BCUT2D eigenvalue weighted by molar-refractivity contribution is -0.124. The van der Waals surface area contributed by atoms with E-state index in [-0.39, 0.29) is 5.91 Å². The van der Waals surface area contributed by atoms with Gasteiger partial charge in [-0.25, -0.2) is 0 Å². The van der Waals surface area contributed by atoms with Gasteiger partial charge in [0.15, 0.2) is 0 Å². The van der Waals surface area contributed by atoms with Crippen molar-refractivity contribution in [2.24, 2.45) is 0 Å². The van der Waals surface area contributed by atoms with Crippen molar-refractivity contribution >= 4 is 5.91 Å². The molecule has 2 nitrogen and oxygen atoms in total. The molecule has 0 aromatic heterocycles. The second-order valence-electron chi connectivity index (χ2n) is 5.93. The third-order valence-corrected chi connectivity index (χ3v) is 4.13. The molecular weight excluding hydrogens is 294 g/mol. The number of allylic oxidation sites excluding steroid dienone is 2. The lowest BCUT2D eigenvalue weighted by atomic mass is 10.0. The van der Waals surface area contributed by atoms with Gasteiger partial charge in [-0.05, 0) is 43.4 Å². The minimum absolute atomic E-state index is 0.129. The van der Waals surface area contributed by atoms with Gasteiger partial charge in [-0.2, -0.15) is 0 Å². The Bertz CT molecular complexity index is 766. The lowest BCUT2D eigenvalue weighted by Crippen LogP contribution is -2.29. The summed E-state index contributed by atoms with van der Waals surface area (Å²) in [7, 11) is 0. The molecule has 0 N–H and O–H groups in total. The van der Waals surface area contributed by atoms with Crippen molar-refractivity contribution in [2.45, 2.75) is 32.2 Å². The Labute approximate surface area is 143 Å². The first-order valence-corrected chi connectivity index (χ1v) is 8.44. The van der Waals surface area contributed by atoms with Crippen LogP contribution in [-0.2, 0) is 11.3 Å². The van der Waals surface area contributed by atoms with E-state index < -0.39 is 0 Å². The predicted molar refractivity (Wildman–Crippen MR) is 96.9 cm³/mol. The number of amides is 1. The summed E-state index contributed by atoms with van der Waals surface area (Å²) < 4.78 is 0. The largest absolute Gasteiger partial charge is 0.303 e. The molecule has 3 rings (SSSR count). The first-order chi connectivity index (χ1) is 11.8. The van der Waals surface area contributed by atoms with Gasteiger partial charge in [0, 0.05) is 17.2 Å². The first-order valence-electron chi connectivity index (χ1n) is 8.44. The molecule has 0 saturated carbocycles. The minimum atomic E-state index is -0.129. The maximum Gasteiger partial charge on any atom is 0.303 e. The van der Waals surface area contributed by atoms with E-state index in [1.807, 2.05) is 65.6 Å². The molecule has 24 heavy (non-hydrogen) atoms. The van der Waals surface area contributed by atoms with Crippen LogP contribution in [0.5, 0.6) is 0 Å². The Morgan fingerprint density at radius 1 is 0.958 bits per heavy atom. The average Bonchev–Trinajstić information content (AvgIpc) is 2.66. The van der Waals surface area contributed by atoms with Crippen LogP contribution in [0.2, 0.25) is 0 Å². The van der Waals surface area contributed by atoms with Crippen LogP contribution >= 0.6 is 0 Å². The Morgan fingerprint density at radius 3 is 2.33 bits per heavy atom. The molecule has 1 aliphatic carbocycles. The molecule has 2 aromatic rings. The molecule has 0 unspecified atom stereocenters. The second-order valence-corrected chi connectivity index (χ2v) is 5.93. The van der Waals surface area contributed by atoms with Gasteiger partial charge >= 0.3 is 5.91 Å². The average molecular weight is 315 g/mol. The minimum Gasteiger partial charge on any atom is -0.301 e. The van der Waals surface area contributed by atoms with Crippen molar-refractivity contribution in [2.75, 3.05) is 0 Å². The molecule has 0 bridgehead atoms. The van der Waals surface area contributed by atoms with Gasteiger partial charge in [-0.1, -0.05) is 60.5 Å². The zero-order valence-electron chi connectivity index (χ0n) is 13.7. The highest BCUT2D eigenvalue weighted by Crippen LogP contribution is 2.23. The van der Waals surface area contributed by atoms with Gasteiger partial charge in [0.05, 0.1) is 6.54 Å². The summed E-state index contributed by atoms with van der Waals surface area (Å²) in [6, 6.07) is 19.7. The fourth-order valence-corrected chi connectivity index (χ4v) is 2.85. The summed E-state index contributed by atoms with van der Waals surface area (Å²) in [4.78, 5) is 14.6. The first kappa shape index (κ1) is 16.1. The number of rotatable bonds is 3. The third kappa shape index (κ3) is 4.36. The van der Waals surface area contributed by atoms with Crippen molar-refractivity contribution in [1.29, 1.82) is 0 Å². The van der Waals surface area contributed by atoms with Crippen molar-refractivity contribution in [3.63, 3.8) is 0 Å². The van der Waals surface area contributed by atoms with E-state index in [4.69, 9.17) is 0 Å². The fraction of sp³-hybridized carbons (Fsp3) is 0.227. The van der Waals surface area contributed by atoms with E-state index in [0.717, 1.165) is 36.1 Å². The summed E-state index contributed by atoms with van der Waals surface area (Å²) in [6.45, 7) is 0.578. The molecule has 0 radical (unpaired) electrons. The SMILES string of the molecule is O=C(C#Cc1ccccc1)N(Cc1ccccc1)C1=CCCCC1. The topological polar surface area (TPSA) is 20.3 Å². The summed E-state index contributed by atoms with van der Waals surface area (Å²) in [5, 5.41) is 0. The summed E-state index contributed by atoms with van der Waals surface area (Å²) in [5.41, 5.74) is 3.10. The van der Waals surface area contributed by atoms with Crippen LogP contribution in [0.3, 0.4) is 0 Å². The van der Waals surface area contributed by atoms with Gasteiger partial charge in [0.1, 0.15) is 0 Å². The normalized spacial score (nSPS) is 13.4. The third-order valence-electron chi connectivity index (χ3n) is 4.13. The number of nitrogens with zero attached hydrogens (tertiary/aromatic N) is 1. The quantitative estimate of drug-likeness (QED) is 0.762. The highest BCUT2D eigenvalue weighted by Gasteiger charge is 2.18. The van der Waals surface area contributed by atoms with Crippen LogP contribution in [0.25, 0.3) is 0 Å². The van der Waals surface area contributed by atoms with Crippen molar-refractivity contribution in [3.05, 3.63) is 83.6 Å². The molecular formula is C22H21NO. The summed E-state index contributed by atoms with van der Waals surface area (Å²) in [6.07, 6.45) is 6.52. The number of benzene rings is 2. The molecule has 120 valence electrons. The van der Waals surface area contributed by atoms with E-state index in [1.54, 1.807) is 0 Å². The van der Waals surface area contributed by atoms with Gasteiger partial charge in [-0.3, -0.25) is 4.79 Å². The molecule has 0 atom stereocenters. The Balaban J connectivity index is 1.82. The number of carbonyl (C=O) groups is 1. The smallest absolute Gasteiger partial charge is 0.301 e. The van der Waals surface area contributed by atoms with Crippen molar-refractivity contribution < 1.29 is 4.79 Å². The Kier molecular flexibility index (Phi) is 5.48. The highest BCUT2D eigenvalue weighted by molar-refractivity contribution is 5.95. The molecule has 1 aliphatic rings. The van der Waals surface area contributed by atoms with E-state index >= 15 is 0 Å². The van der Waals surface area contributed by atoms with Crippen molar-refractivity contribution in [3.8, 4) is 11.8 Å². The molecule has 0 aliphatic heterocycles. The van der Waals surface area contributed by atoms with E-state index in [0.29, 0.717) is 6.54 Å². The zero-order valence-corrected chi connectivity index (χ0v) is 13.7. The molecule has 2 heteroatoms. The van der Waals surface area contributed by atoms with Gasteiger partial charge in [-0.15, -0.1) is 0 Å². The molecule has 0 heterocycles. The zero-order chi connectivity index (χ0) is 16.6. The Hall–Kier alpha value is -2.79. The van der Waals surface area contributed by atoms with E-state index in [2.05, 4.69) is 17.9 Å². The standard InChI is InChI=1S/C22H21NO/c24-22(17-16-19-10-4-1-5-11-19)23(21-14-8-3-9-15-21)18-20-12-6-2-7-13-20/h1-2,4-7,10-14H,3,8-9,15,18H2. The highest BCUT2D eigenvalue weighted by atomic mass is 16.2. The van der Waals surface area contributed by atoms with E-state index in [9.17, 15) is 4.79 Å². The van der Waals surface area contributed by atoms with E-state index in [1.165, 1.54) is 6.42 Å². The van der Waals surface area contributed by atoms with Crippen LogP contribution in [0.1, 0.15) is 36.8 Å². The van der Waals surface area contributed by atoms with Gasteiger partial charge < -0.3 is 4.90 Å². The molecule has 2 aromatic carbocycles.